The van der Waals surface area contributed by atoms with Gasteiger partial charge < -0.3 is 20.8 Å². The van der Waals surface area contributed by atoms with Gasteiger partial charge in [0.25, 0.3) is 0 Å². The Kier molecular flexibility index (Phi) is 2.61. The van der Waals surface area contributed by atoms with Crippen LogP contribution in [0.5, 0.6) is 0 Å². The van der Waals surface area contributed by atoms with Crippen LogP contribution in [-0.4, -0.2) is 47.3 Å². The lowest BCUT2D eigenvalue weighted by atomic mass is 10.1. The monoisotopic (exact) mass is 174 g/mol. The van der Waals surface area contributed by atoms with E-state index in [2.05, 4.69) is 10.6 Å². The van der Waals surface area contributed by atoms with E-state index in [1.54, 1.807) is 0 Å². The maximum absolute atomic E-state index is 10.9. The van der Waals surface area contributed by atoms with Gasteiger partial charge in [0, 0.05) is 0 Å². The van der Waals surface area contributed by atoms with Gasteiger partial charge in [-0.3, -0.25) is 9.59 Å². The summed E-state index contributed by atoms with van der Waals surface area (Å²) >= 11 is 0. The molecule has 0 bridgehead atoms. The second kappa shape index (κ2) is 3.51. The Balaban J connectivity index is 2.61. The van der Waals surface area contributed by atoms with Crippen molar-refractivity contribution in [2.24, 2.45) is 0 Å². The fourth-order valence-electron chi connectivity index (χ4n) is 0.933. The van der Waals surface area contributed by atoms with E-state index >= 15 is 0 Å². The van der Waals surface area contributed by atoms with Crippen molar-refractivity contribution < 1.29 is 19.8 Å². The van der Waals surface area contributed by atoms with Crippen molar-refractivity contribution in [3.63, 3.8) is 0 Å². The lowest BCUT2D eigenvalue weighted by Gasteiger charge is -2.27. The van der Waals surface area contributed by atoms with E-state index in [4.69, 9.17) is 10.2 Å². The minimum absolute atomic E-state index is 0.435. The molecule has 0 aromatic heterocycles. The van der Waals surface area contributed by atoms with E-state index < -0.39 is 37.1 Å². The Hall–Kier alpha value is -1.14. The van der Waals surface area contributed by atoms with Gasteiger partial charge in [0.2, 0.25) is 11.8 Å². The maximum Gasteiger partial charge on any atom is 0.245 e. The van der Waals surface area contributed by atoms with Gasteiger partial charge in [-0.15, -0.1) is 0 Å². The van der Waals surface area contributed by atoms with Crippen LogP contribution in [0.15, 0.2) is 0 Å². The first-order valence-electron chi connectivity index (χ1n) is 3.51. The summed E-state index contributed by atoms with van der Waals surface area (Å²) in [6.45, 7) is -0.870. The summed E-state index contributed by atoms with van der Waals surface area (Å²) in [4.78, 5) is 21.9. The second-order valence-electron chi connectivity index (χ2n) is 2.49. The van der Waals surface area contributed by atoms with E-state index in [0.717, 1.165) is 0 Å². The first-order chi connectivity index (χ1) is 5.69. The molecule has 6 heteroatoms. The average Bonchev–Trinajstić information content (AvgIpc) is 2.08. The zero-order valence-electron chi connectivity index (χ0n) is 6.28. The highest BCUT2D eigenvalue weighted by atomic mass is 16.3. The standard InChI is InChI=1S/C6H10N2O4/c9-1-3-5(11)8-4(2-10)6(12)7-3/h3-4,9-10H,1-2H2,(H,7,12)(H,8,11)/t3-,4-/m1/s1. The Morgan fingerprint density at radius 2 is 1.33 bits per heavy atom. The molecule has 12 heavy (non-hydrogen) atoms. The van der Waals surface area contributed by atoms with E-state index in [-0.39, 0.29) is 0 Å². The number of carbonyl (C=O) groups excluding carboxylic acids is 2. The largest absolute Gasteiger partial charge is 0.394 e. The van der Waals surface area contributed by atoms with Crippen LogP contribution in [0.4, 0.5) is 0 Å². The Labute approximate surface area is 68.6 Å². The molecule has 0 saturated carbocycles. The molecule has 68 valence electrons. The van der Waals surface area contributed by atoms with Crippen molar-refractivity contribution in [2.45, 2.75) is 12.1 Å². The first-order valence-corrected chi connectivity index (χ1v) is 3.51. The molecule has 1 saturated heterocycles. The van der Waals surface area contributed by atoms with Gasteiger partial charge in [0.05, 0.1) is 13.2 Å². The minimum atomic E-state index is -0.889. The van der Waals surface area contributed by atoms with Gasteiger partial charge in [-0.2, -0.15) is 0 Å². The molecule has 0 radical (unpaired) electrons. The third-order valence-electron chi connectivity index (χ3n) is 1.63. The van der Waals surface area contributed by atoms with Gasteiger partial charge in [0.15, 0.2) is 0 Å². The molecule has 0 aromatic rings. The predicted octanol–water partition coefficient (Wildman–Crippen LogP) is -3.05. The molecule has 1 aliphatic heterocycles. The van der Waals surface area contributed by atoms with E-state index in [1.165, 1.54) is 0 Å². The van der Waals surface area contributed by atoms with Crippen LogP contribution in [0.3, 0.4) is 0 Å². The number of hydrogen-bond donors (Lipinski definition) is 4. The van der Waals surface area contributed by atoms with Gasteiger partial charge in [0.1, 0.15) is 12.1 Å². The number of nitrogens with one attached hydrogen (secondary N) is 2. The summed E-state index contributed by atoms with van der Waals surface area (Å²) in [6.07, 6.45) is 0. The number of hydrogen-bond acceptors (Lipinski definition) is 4. The topological polar surface area (TPSA) is 98.7 Å². The van der Waals surface area contributed by atoms with Crippen LogP contribution in [0.2, 0.25) is 0 Å². The maximum atomic E-state index is 10.9. The number of carbonyl (C=O) groups is 2. The summed E-state index contributed by atoms with van der Waals surface area (Å²) < 4.78 is 0. The normalized spacial score (nSPS) is 29.5. The Morgan fingerprint density at radius 3 is 1.58 bits per heavy atom. The van der Waals surface area contributed by atoms with Crippen molar-refractivity contribution in [2.75, 3.05) is 13.2 Å². The molecule has 2 atom stereocenters. The molecule has 0 unspecified atom stereocenters. The fourth-order valence-corrected chi connectivity index (χ4v) is 0.933. The van der Waals surface area contributed by atoms with Crippen LogP contribution in [0.1, 0.15) is 0 Å². The summed E-state index contributed by atoms with van der Waals surface area (Å²) in [5.74, 6) is -0.952. The molecular weight excluding hydrogens is 164 g/mol. The van der Waals surface area contributed by atoms with Crippen molar-refractivity contribution in [3.05, 3.63) is 0 Å². The third kappa shape index (κ3) is 1.54. The van der Waals surface area contributed by atoms with Crippen molar-refractivity contribution in [1.82, 2.24) is 10.6 Å². The first kappa shape index (κ1) is 8.95. The van der Waals surface area contributed by atoms with Crippen LogP contribution >= 0.6 is 0 Å². The van der Waals surface area contributed by atoms with Crippen LogP contribution in [-0.2, 0) is 9.59 Å². The quantitative estimate of drug-likeness (QED) is 0.357. The highest BCUT2D eigenvalue weighted by Gasteiger charge is 2.32. The van der Waals surface area contributed by atoms with Crippen molar-refractivity contribution >= 4 is 11.8 Å². The second-order valence-corrected chi connectivity index (χ2v) is 2.49. The zero-order chi connectivity index (χ0) is 9.14. The molecule has 0 aliphatic carbocycles. The molecule has 0 spiro atoms. The van der Waals surface area contributed by atoms with Crippen LogP contribution in [0, 0.1) is 0 Å². The molecule has 1 fully saturated rings. The third-order valence-corrected chi connectivity index (χ3v) is 1.63. The number of aliphatic hydroxyl groups excluding tert-OH is 2. The zero-order valence-corrected chi connectivity index (χ0v) is 6.28. The molecule has 2 amide bonds. The number of rotatable bonds is 2. The minimum Gasteiger partial charge on any atom is -0.394 e. The smallest absolute Gasteiger partial charge is 0.245 e. The summed E-state index contributed by atoms with van der Waals surface area (Å²) in [6, 6.07) is -1.78. The lowest BCUT2D eigenvalue weighted by molar-refractivity contribution is -0.138. The lowest BCUT2D eigenvalue weighted by Crippen LogP contribution is -2.63. The summed E-state index contributed by atoms with van der Waals surface area (Å²) in [5.41, 5.74) is 0. The molecule has 1 heterocycles. The number of piperazine rings is 1. The number of amides is 2. The fraction of sp³-hybridized carbons (Fsp3) is 0.667. The number of aliphatic hydroxyl groups is 2. The summed E-state index contributed by atoms with van der Waals surface area (Å²) in [7, 11) is 0. The van der Waals surface area contributed by atoms with Crippen molar-refractivity contribution in [1.29, 1.82) is 0 Å². The highest BCUT2D eigenvalue weighted by molar-refractivity contribution is 5.97. The molecule has 1 rings (SSSR count). The van der Waals surface area contributed by atoms with Crippen LogP contribution in [0.25, 0.3) is 0 Å². The summed E-state index contributed by atoms with van der Waals surface area (Å²) in [5, 5.41) is 21.7. The Bertz CT molecular complexity index is 184. The molecule has 4 N–H and O–H groups in total. The molecule has 0 aromatic carbocycles. The van der Waals surface area contributed by atoms with E-state index in [9.17, 15) is 9.59 Å². The SMILES string of the molecule is O=C1N[C@H](CO)C(=O)N[C@@H]1CO. The highest BCUT2D eigenvalue weighted by Crippen LogP contribution is 1.95. The molecule has 1 aliphatic rings. The van der Waals surface area contributed by atoms with Gasteiger partial charge in [-0.1, -0.05) is 0 Å². The van der Waals surface area contributed by atoms with Gasteiger partial charge in [-0.25, -0.2) is 0 Å². The molecular formula is C6H10N2O4. The van der Waals surface area contributed by atoms with E-state index in [0.29, 0.717) is 0 Å². The average molecular weight is 174 g/mol. The molecule has 6 nitrogen and oxygen atoms in total. The van der Waals surface area contributed by atoms with Crippen LogP contribution < -0.4 is 10.6 Å². The van der Waals surface area contributed by atoms with Gasteiger partial charge in [-0.05, 0) is 0 Å². The Morgan fingerprint density at radius 1 is 1.00 bits per heavy atom. The van der Waals surface area contributed by atoms with E-state index in [1.807, 2.05) is 0 Å². The predicted molar refractivity (Wildman–Crippen MR) is 38.0 cm³/mol. The van der Waals surface area contributed by atoms with Crippen molar-refractivity contribution in [3.8, 4) is 0 Å². The van der Waals surface area contributed by atoms with Gasteiger partial charge >= 0.3 is 0 Å².